The number of benzene rings is 2. The lowest BCUT2D eigenvalue weighted by Crippen LogP contribution is -2.61. The highest BCUT2D eigenvalue weighted by molar-refractivity contribution is 6.03. The number of nitrogens with two attached hydrogens (primary N) is 4. The average molecular weight is 1660 g/mol. The van der Waals surface area contributed by atoms with Crippen molar-refractivity contribution in [2.75, 3.05) is 79.8 Å². The molecule has 0 aliphatic carbocycles. The molecule has 2 aromatic carbocycles. The lowest BCUT2D eigenvalue weighted by atomic mass is 10.0. The molecule has 2 fully saturated rings. The van der Waals surface area contributed by atoms with Crippen LogP contribution in [0, 0.1) is 0 Å². The molecule has 4 aromatic rings. The molecule has 2 aliphatic rings. The molecule has 0 saturated carbocycles. The molecule has 44 nitrogen and oxygen atoms in total. The van der Waals surface area contributed by atoms with Gasteiger partial charge in [-0.25, -0.2) is 4.98 Å². The van der Waals surface area contributed by atoms with Gasteiger partial charge >= 0.3 is 0 Å². The number of hydrogen-bond donors (Lipinski definition) is 21. The maximum atomic E-state index is 15.3. The van der Waals surface area contributed by atoms with Crippen LogP contribution in [0.15, 0.2) is 73.3 Å². The van der Waals surface area contributed by atoms with Gasteiger partial charge in [0.25, 0.3) is 5.91 Å². The molecule has 2 aliphatic heterocycles. The summed E-state index contributed by atoms with van der Waals surface area (Å²) in [5, 5.41) is 43.4. The zero-order chi connectivity index (χ0) is 86.2. The SMILES string of the molecule is CCCC[C@H](NC(=O)[C@H](CNC(=O)[C@H](Cc1cnc[nH]1)NC(=O)[C@H](CCC(N)=O)NC(=O)[C@H](C=O)NC(=O)CNC(=O)COCCOCCNN)N(C)C)C(=O)N[C@H]1CCC(=O)NCCCC[C@@H](C(N)=O)NC(=O)[C@H](Cc2c[nH]c3ccccc23)NC(=O)[C@H](CCCNN([NH-])N)NC(=O)[C@@H](Cc2ccccc2)NC(=O)[C@@H]2C[C@@H](O)CN2C1=O. The molecular formula is C74H112N25O19-. The van der Waals surface area contributed by atoms with E-state index in [-0.39, 0.29) is 103 Å². The quantitative estimate of drug-likeness (QED) is 0.00644. The van der Waals surface area contributed by atoms with Gasteiger partial charge in [-0.05, 0) is 82.7 Å². The number of aldehydes is 1. The Balaban J connectivity index is 1.23. The third kappa shape index (κ3) is 32.5. The highest BCUT2D eigenvalue weighted by Gasteiger charge is 2.44. The number of aromatic nitrogens is 3. The summed E-state index contributed by atoms with van der Waals surface area (Å²) >= 11 is 0. The number of ether oxygens (including phenoxy) is 2. The van der Waals surface area contributed by atoms with Crippen molar-refractivity contribution in [2.24, 2.45) is 23.2 Å². The summed E-state index contributed by atoms with van der Waals surface area (Å²) in [5.41, 5.74) is 18.4. The minimum absolute atomic E-state index is 0.00236. The van der Waals surface area contributed by atoms with Gasteiger partial charge in [0.05, 0.1) is 38.8 Å². The van der Waals surface area contributed by atoms with Crippen LogP contribution in [-0.4, -0.2) is 282 Å². The van der Waals surface area contributed by atoms with Gasteiger partial charge in [-0.3, -0.25) is 105 Å². The lowest BCUT2D eigenvalue weighted by molar-refractivity contribution is -0.143. The number of aliphatic hydroxyl groups is 1. The molecule has 648 valence electrons. The molecule has 0 radical (unpaired) electrons. The smallest absolute Gasteiger partial charge is 0.250 e. The average Bonchev–Trinajstić information content (AvgIpc) is 1.66. The van der Waals surface area contributed by atoms with E-state index in [0.29, 0.717) is 41.4 Å². The third-order valence-electron chi connectivity index (χ3n) is 19.2. The molecule has 6 rings (SSSR count). The molecule has 44 heteroatoms. The Kier molecular flexibility index (Phi) is 40.6. The molecule has 0 spiro atoms. The zero-order valence-corrected chi connectivity index (χ0v) is 66.2. The maximum absolute atomic E-state index is 15.3. The van der Waals surface area contributed by atoms with E-state index >= 15 is 4.79 Å². The number of nitrogens with zero attached hydrogens (tertiary/aromatic N) is 4. The first kappa shape index (κ1) is 95.4. The molecule has 12 atom stereocenters. The van der Waals surface area contributed by atoms with Crippen LogP contribution in [0.5, 0.6) is 0 Å². The highest BCUT2D eigenvalue weighted by atomic mass is 16.5. The molecule has 118 heavy (non-hydrogen) atoms. The Hall–Kier alpha value is -11.5. The van der Waals surface area contributed by atoms with Gasteiger partial charge in [0.15, 0.2) is 12.3 Å². The third-order valence-corrected chi connectivity index (χ3v) is 19.2. The van der Waals surface area contributed by atoms with Crippen LogP contribution in [0.3, 0.4) is 0 Å². The second-order valence-electron chi connectivity index (χ2n) is 28.6. The van der Waals surface area contributed by atoms with Crippen LogP contribution in [0.25, 0.3) is 16.7 Å². The number of hydrogen-bond acceptors (Lipinski definition) is 26. The summed E-state index contributed by atoms with van der Waals surface area (Å²) in [6.07, 6.45) is 1.19. The second-order valence-corrected chi connectivity index (χ2v) is 28.6. The van der Waals surface area contributed by atoms with Gasteiger partial charge in [0.1, 0.15) is 67.0 Å². The van der Waals surface area contributed by atoms with Gasteiger partial charge in [-0.1, -0.05) is 68.3 Å². The van der Waals surface area contributed by atoms with Crippen molar-refractivity contribution in [3.8, 4) is 0 Å². The summed E-state index contributed by atoms with van der Waals surface area (Å²) < 4.78 is 10.4. The first-order chi connectivity index (χ1) is 56.5. The van der Waals surface area contributed by atoms with Crippen molar-refractivity contribution in [2.45, 2.75) is 182 Å². The summed E-state index contributed by atoms with van der Waals surface area (Å²) in [6.45, 7) is 0.499. The predicted octanol–water partition coefficient (Wildman–Crippen LogP) is -7.45. The van der Waals surface area contributed by atoms with Crippen molar-refractivity contribution in [3.05, 3.63) is 96.0 Å². The number of hydrazine groups is 3. The Morgan fingerprint density at radius 3 is 2.10 bits per heavy atom. The summed E-state index contributed by atoms with van der Waals surface area (Å²) in [7, 11) is 2.97. The van der Waals surface area contributed by atoms with Crippen LogP contribution in [-0.2, 0) is 105 Å². The van der Waals surface area contributed by atoms with Crippen LogP contribution in [0.2, 0.25) is 0 Å². The second kappa shape index (κ2) is 50.2. The van der Waals surface area contributed by atoms with E-state index in [2.05, 4.69) is 89.6 Å². The maximum Gasteiger partial charge on any atom is 0.250 e. The number of fused-ring (bicyclic) bond motifs is 2. The molecule has 0 bridgehead atoms. The summed E-state index contributed by atoms with van der Waals surface area (Å²) in [6, 6.07) is -1.15. The highest BCUT2D eigenvalue weighted by Crippen LogP contribution is 2.23. The fourth-order valence-corrected chi connectivity index (χ4v) is 12.9. The van der Waals surface area contributed by atoms with E-state index in [0.717, 1.165) is 15.8 Å². The normalized spacial score (nSPS) is 20.0. The van der Waals surface area contributed by atoms with E-state index in [1.54, 1.807) is 55.6 Å². The van der Waals surface area contributed by atoms with Crippen molar-refractivity contribution < 1.29 is 91.3 Å². The minimum Gasteiger partial charge on any atom is -0.580 e. The Morgan fingerprint density at radius 1 is 0.729 bits per heavy atom. The fraction of sp³-hybridized carbons (Fsp3) is 0.554. The van der Waals surface area contributed by atoms with Crippen LogP contribution >= 0.6 is 0 Å². The van der Waals surface area contributed by atoms with Crippen LogP contribution in [0.1, 0.15) is 107 Å². The number of amides is 15. The Labute approximate surface area is 680 Å². The van der Waals surface area contributed by atoms with E-state index < -0.39 is 213 Å². The van der Waals surface area contributed by atoms with E-state index in [9.17, 15) is 77.0 Å². The standard InChI is InChI=1S/C74H112N25O19/c1-4-5-17-50(92-73(115)59(97(2)3)37-84-65(107)56(33-45-36-80-42-85-45)95-68(110)52(21-23-60(75)102)91-71(113)57(40-100)88-62(104)38-83-63(105)41-118-30-29-117-28-27-86-77)66(108)93-53-22-24-61(103)81-25-12-11-19-49(64(76)106)89-70(112)55(32-44-35-82-48-18-10-9-16-47(44)48)94-67(109)51(20-13-26-87-99(78)79)90-69(111)54(31-43-14-7-6-8-15-43)96-72(114)58-34-46(101)39-98(58)74(53)116/h6-10,14-16,18,35-36,40,42,46,49-59,78,82,86-87,101H,4-5,11-13,17,19-34,37-39,41,77,79H2,1-3H3,(H2,75,102)(H2,76,106)(H,80,85)(H,81,103)(H,83,105)(H,84,107)(H,88,104)(H,89,112)(H,90,111)(H,91,113)(H,92,115)(H,93,108)(H,94,109)(H,95,110)(H,96,114)/q-1/t46-,49+,50+,51+,52+,53+,54-,55+,56+,57+,58+,59+/m1/s1. The van der Waals surface area contributed by atoms with Crippen molar-refractivity contribution in [1.29, 1.82) is 0 Å². The minimum atomic E-state index is -1.95. The van der Waals surface area contributed by atoms with Crippen molar-refractivity contribution in [1.82, 2.24) is 105 Å². The first-order valence-corrected chi connectivity index (χ1v) is 38.8. The Morgan fingerprint density at radius 2 is 1.41 bits per heavy atom. The number of carbonyl (C=O) groups is 16. The molecule has 2 saturated heterocycles. The number of primary amides is 2. The Bertz CT molecular complexity index is 4000. The van der Waals surface area contributed by atoms with Gasteiger partial charge in [-0.2, -0.15) is 0 Å². The van der Waals surface area contributed by atoms with Gasteiger partial charge in [0, 0.05) is 100 Å². The topological polar surface area (TPSA) is 662 Å². The van der Waals surface area contributed by atoms with E-state index in [1.165, 1.54) is 31.5 Å². The number of rotatable bonds is 42. The zero-order valence-electron chi connectivity index (χ0n) is 66.2. The first-order valence-electron chi connectivity index (χ1n) is 38.8. The molecule has 2 aromatic heterocycles. The number of carbonyl (C=O) groups excluding carboxylic acids is 16. The van der Waals surface area contributed by atoms with Crippen LogP contribution < -0.4 is 97.8 Å². The number of imidazole rings is 1. The lowest BCUT2D eigenvalue weighted by Gasteiger charge is -2.31. The monoisotopic (exact) mass is 1650 g/mol. The van der Waals surface area contributed by atoms with Gasteiger partial charge in [0.2, 0.25) is 82.7 Å². The molecular weight excluding hydrogens is 1540 g/mol. The predicted molar refractivity (Wildman–Crippen MR) is 422 cm³/mol. The van der Waals surface area contributed by atoms with Crippen molar-refractivity contribution >= 4 is 106 Å². The van der Waals surface area contributed by atoms with Gasteiger partial charge in [-0.15, -0.1) is 0 Å². The van der Waals surface area contributed by atoms with E-state index in [1.807, 2.05) is 12.1 Å². The number of likely N-dealkylation sites (N-methyl/N-ethyl adjacent to an activating group) is 1. The number of nitrogens with one attached hydrogen (secondary N) is 17. The fourth-order valence-electron chi connectivity index (χ4n) is 12.9. The van der Waals surface area contributed by atoms with Crippen molar-refractivity contribution in [3.63, 3.8) is 0 Å². The van der Waals surface area contributed by atoms with Crippen LogP contribution in [0.4, 0.5) is 0 Å². The molecule has 4 heterocycles. The number of para-hydroxylation sites is 1. The number of aromatic amines is 2. The molecule has 15 amide bonds. The van der Waals surface area contributed by atoms with E-state index in [4.69, 9.17) is 38.5 Å². The largest absolute Gasteiger partial charge is 0.580 e. The molecule has 0 unspecified atom stereocenters. The van der Waals surface area contributed by atoms with Gasteiger partial charge < -0.3 is 115 Å². The number of H-pyrrole nitrogens is 2. The number of unbranched alkanes of at least 4 members (excludes halogenated alkanes) is 1. The summed E-state index contributed by atoms with van der Waals surface area (Å²) in [4.78, 5) is 235. The summed E-state index contributed by atoms with van der Waals surface area (Å²) in [5.74, 6) is 4.64. The molecule has 26 N–H and O–H groups in total. The number of aliphatic hydroxyl groups excluding tert-OH is 1.